The van der Waals surface area contributed by atoms with Crippen molar-refractivity contribution >= 4 is 5.91 Å². The lowest BCUT2D eigenvalue weighted by molar-refractivity contribution is -0.134. The van der Waals surface area contributed by atoms with Gasteiger partial charge >= 0.3 is 0 Å². The second kappa shape index (κ2) is 5.14. The Balaban J connectivity index is 4.24. The van der Waals surface area contributed by atoms with Gasteiger partial charge in [0.1, 0.15) is 0 Å². The van der Waals surface area contributed by atoms with E-state index >= 15 is 0 Å². The number of hydrogen-bond donors (Lipinski definition) is 0. The van der Waals surface area contributed by atoms with E-state index in [1.165, 1.54) is 0 Å². The third-order valence-corrected chi connectivity index (χ3v) is 2.14. The van der Waals surface area contributed by atoms with E-state index in [1.54, 1.807) is 19.0 Å². The third-order valence-electron chi connectivity index (χ3n) is 2.14. The minimum Gasteiger partial charge on any atom is -0.347 e. The molecule has 0 rings (SSSR count). The van der Waals surface area contributed by atoms with Crippen molar-refractivity contribution in [2.45, 2.75) is 26.3 Å². The third kappa shape index (κ3) is 2.81. The summed E-state index contributed by atoms with van der Waals surface area (Å²) in [6, 6.07) is 0.0463. The van der Waals surface area contributed by atoms with Crippen LogP contribution >= 0.6 is 0 Å². The Hall–Kier alpha value is -0.570. The van der Waals surface area contributed by atoms with Gasteiger partial charge in [-0.15, -0.1) is 0 Å². The van der Waals surface area contributed by atoms with Crippen molar-refractivity contribution in [1.29, 1.82) is 0 Å². The molecule has 3 nitrogen and oxygen atoms in total. The molecule has 0 aromatic heterocycles. The molecule has 72 valence electrons. The molecule has 3 heteroatoms. The number of carbonyl (C=O) groups is 1. The van der Waals surface area contributed by atoms with E-state index in [9.17, 15) is 4.79 Å². The van der Waals surface area contributed by atoms with Crippen LogP contribution in [0.1, 0.15) is 20.3 Å². The fraction of sp³-hybridized carbons (Fsp3) is 0.889. The van der Waals surface area contributed by atoms with Gasteiger partial charge in [0.05, 0.1) is 6.04 Å². The number of likely N-dealkylation sites (N-methyl/N-ethyl adjacent to an activating group) is 2. The Morgan fingerprint density at radius 2 is 1.75 bits per heavy atom. The van der Waals surface area contributed by atoms with Crippen molar-refractivity contribution in [3.8, 4) is 0 Å². The van der Waals surface area contributed by atoms with Crippen LogP contribution in [0.15, 0.2) is 0 Å². The molecular weight excluding hydrogens is 152 g/mol. The first-order valence-electron chi connectivity index (χ1n) is 4.45. The Morgan fingerprint density at radius 3 is 2.00 bits per heavy atom. The fourth-order valence-electron chi connectivity index (χ4n) is 1.19. The molecule has 0 radical (unpaired) electrons. The quantitative estimate of drug-likeness (QED) is 0.626. The smallest absolute Gasteiger partial charge is 0.239 e. The van der Waals surface area contributed by atoms with Gasteiger partial charge in [0.25, 0.3) is 0 Å². The van der Waals surface area contributed by atoms with E-state index in [4.69, 9.17) is 0 Å². The topological polar surface area (TPSA) is 23.6 Å². The highest BCUT2D eigenvalue weighted by Crippen LogP contribution is 2.03. The number of amides is 1. The van der Waals surface area contributed by atoms with Crippen LogP contribution in [0, 0.1) is 0 Å². The van der Waals surface area contributed by atoms with Crippen molar-refractivity contribution < 1.29 is 4.79 Å². The van der Waals surface area contributed by atoms with Gasteiger partial charge in [0.15, 0.2) is 0 Å². The van der Waals surface area contributed by atoms with Crippen LogP contribution < -0.4 is 0 Å². The van der Waals surface area contributed by atoms with E-state index < -0.39 is 0 Å². The monoisotopic (exact) mass is 172 g/mol. The van der Waals surface area contributed by atoms with Crippen LogP contribution in [-0.2, 0) is 4.79 Å². The van der Waals surface area contributed by atoms with Crippen molar-refractivity contribution in [3.63, 3.8) is 0 Å². The van der Waals surface area contributed by atoms with E-state index in [2.05, 4.69) is 11.8 Å². The van der Waals surface area contributed by atoms with Crippen LogP contribution in [0.25, 0.3) is 0 Å². The fourth-order valence-corrected chi connectivity index (χ4v) is 1.19. The van der Waals surface area contributed by atoms with E-state index in [1.807, 2.05) is 14.0 Å². The van der Waals surface area contributed by atoms with Crippen LogP contribution in [0.3, 0.4) is 0 Å². The molecule has 0 heterocycles. The summed E-state index contributed by atoms with van der Waals surface area (Å²) in [5.74, 6) is 0.196. The number of hydrogen-bond acceptors (Lipinski definition) is 2. The van der Waals surface area contributed by atoms with E-state index in [0.717, 1.165) is 13.0 Å². The SMILES string of the molecule is CCC(C(=O)N(C)C)N(C)CC. The molecule has 0 aliphatic heterocycles. The highest BCUT2D eigenvalue weighted by Gasteiger charge is 2.20. The second-order valence-corrected chi connectivity index (χ2v) is 3.23. The predicted octanol–water partition coefficient (Wildman–Crippen LogP) is 0.805. The van der Waals surface area contributed by atoms with Crippen molar-refractivity contribution in [3.05, 3.63) is 0 Å². The Kier molecular flexibility index (Phi) is 4.90. The minimum absolute atomic E-state index is 0.0463. The lowest BCUT2D eigenvalue weighted by atomic mass is 10.2. The maximum atomic E-state index is 11.6. The molecule has 0 N–H and O–H groups in total. The van der Waals surface area contributed by atoms with Gasteiger partial charge in [-0.25, -0.2) is 0 Å². The molecule has 1 unspecified atom stereocenters. The summed E-state index contributed by atoms with van der Waals surface area (Å²) in [4.78, 5) is 15.3. The summed E-state index contributed by atoms with van der Waals surface area (Å²) in [6.07, 6.45) is 0.876. The number of nitrogens with zero attached hydrogens (tertiary/aromatic N) is 2. The van der Waals surface area contributed by atoms with Gasteiger partial charge in [-0.05, 0) is 20.0 Å². The van der Waals surface area contributed by atoms with Gasteiger partial charge < -0.3 is 4.90 Å². The summed E-state index contributed by atoms with van der Waals surface area (Å²) in [5.41, 5.74) is 0. The van der Waals surface area contributed by atoms with Gasteiger partial charge in [-0.2, -0.15) is 0 Å². The van der Waals surface area contributed by atoms with Gasteiger partial charge in [-0.1, -0.05) is 13.8 Å². The predicted molar refractivity (Wildman–Crippen MR) is 51.1 cm³/mol. The summed E-state index contributed by atoms with van der Waals surface area (Å²) in [6.45, 7) is 5.02. The molecule has 1 amide bonds. The first kappa shape index (κ1) is 11.4. The molecule has 0 aromatic rings. The first-order chi connectivity index (χ1) is 5.54. The zero-order valence-corrected chi connectivity index (χ0v) is 8.79. The summed E-state index contributed by atoms with van der Waals surface area (Å²) >= 11 is 0. The zero-order chi connectivity index (χ0) is 9.72. The molecule has 0 aliphatic carbocycles. The highest BCUT2D eigenvalue weighted by atomic mass is 16.2. The average Bonchev–Trinajstić information content (AvgIpc) is 2.05. The molecular formula is C9H20N2O. The van der Waals surface area contributed by atoms with Crippen LogP contribution in [0.2, 0.25) is 0 Å². The molecule has 12 heavy (non-hydrogen) atoms. The average molecular weight is 172 g/mol. The molecule has 0 fully saturated rings. The maximum absolute atomic E-state index is 11.6. The zero-order valence-electron chi connectivity index (χ0n) is 8.79. The second-order valence-electron chi connectivity index (χ2n) is 3.23. The molecule has 1 atom stereocenters. The lowest BCUT2D eigenvalue weighted by Gasteiger charge is -2.27. The maximum Gasteiger partial charge on any atom is 0.239 e. The molecule has 0 aromatic carbocycles. The van der Waals surface area contributed by atoms with Gasteiger partial charge in [-0.3, -0.25) is 9.69 Å². The Labute approximate surface area is 75.3 Å². The molecule has 0 saturated carbocycles. The van der Waals surface area contributed by atoms with Crippen LogP contribution in [0.4, 0.5) is 0 Å². The Morgan fingerprint density at radius 1 is 1.25 bits per heavy atom. The standard InChI is InChI=1S/C9H20N2O/c1-6-8(11(5)7-2)9(12)10(3)4/h8H,6-7H2,1-5H3. The first-order valence-corrected chi connectivity index (χ1v) is 4.45. The summed E-state index contributed by atoms with van der Waals surface area (Å²) < 4.78 is 0. The minimum atomic E-state index is 0.0463. The summed E-state index contributed by atoms with van der Waals surface area (Å²) in [5, 5.41) is 0. The van der Waals surface area contributed by atoms with E-state index in [0.29, 0.717) is 0 Å². The van der Waals surface area contributed by atoms with Crippen molar-refractivity contribution in [1.82, 2.24) is 9.80 Å². The van der Waals surface area contributed by atoms with Crippen molar-refractivity contribution in [2.75, 3.05) is 27.7 Å². The lowest BCUT2D eigenvalue weighted by Crippen LogP contribution is -2.44. The largest absolute Gasteiger partial charge is 0.347 e. The molecule has 0 spiro atoms. The Bertz CT molecular complexity index is 145. The van der Waals surface area contributed by atoms with Crippen LogP contribution in [-0.4, -0.2) is 49.4 Å². The van der Waals surface area contributed by atoms with Crippen LogP contribution in [0.5, 0.6) is 0 Å². The molecule has 0 saturated heterocycles. The molecule has 0 bridgehead atoms. The van der Waals surface area contributed by atoms with Crippen molar-refractivity contribution in [2.24, 2.45) is 0 Å². The normalized spacial score (nSPS) is 13.2. The van der Waals surface area contributed by atoms with E-state index in [-0.39, 0.29) is 11.9 Å². The van der Waals surface area contributed by atoms with Gasteiger partial charge in [0.2, 0.25) is 5.91 Å². The highest BCUT2D eigenvalue weighted by molar-refractivity contribution is 5.81. The number of carbonyl (C=O) groups excluding carboxylic acids is 1. The van der Waals surface area contributed by atoms with Gasteiger partial charge in [0, 0.05) is 14.1 Å². The molecule has 0 aliphatic rings. The summed E-state index contributed by atoms with van der Waals surface area (Å²) in [7, 11) is 5.58. The number of rotatable bonds is 4.